The van der Waals surface area contributed by atoms with Gasteiger partial charge in [0.25, 0.3) is 0 Å². The van der Waals surface area contributed by atoms with Crippen molar-refractivity contribution in [3.8, 4) is 0 Å². The van der Waals surface area contributed by atoms with E-state index in [2.05, 4.69) is 24.5 Å². The van der Waals surface area contributed by atoms with E-state index in [1.165, 1.54) is 17.7 Å². The fourth-order valence-electron chi connectivity index (χ4n) is 3.52. The number of para-hydroxylation sites is 1. The van der Waals surface area contributed by atoms with Crippen LogP contribution < -0.4 is 0 Å². The number of carbonyl (C=O) groups is 1. The molecule has 1 N–H and O–H groups in total. The predicted molar refractivity (Wildman–Crippen MR) is 80.4 cm³/mol. The molecule has 106 valence electrons. The van der Waals surface area contributed by atoms with E-state index in [4.69, 9.17) is 0 Å². The van der Waals surface area contributed by atoms with E-state index >= 15 is 0 Å². The summed E-state index contributed by atoms with van der Waals surface area (Å²) in [6, 6.07) is 5.69. The first-order valence-electron chi connectivity index (χ1n) is 7.49. The van der Waals surface area contributed by atoms with Crippen molar-refractivity contribution in [2.24, 2.45) is 5.92 Å². The van der Waals surface area contributed by atoms with Gasteiger partial charge >= 0.3 is 5.97 Å². The van der Waals surface area contributed by atoms with Gasteiger partial charge in [-0.15, -0.1) is 0 Å². The van der Waals surface area contributed by atoms with Gasteiger partial charge in [0.15, 0.2) is 0 Å². The average Bonchev–Trinajstić information content (AvgIpc) is 2.73. The molecule has 0 fully saturated rings. The molecule has 1 aliphatic rings. The molecule has 1 unspecified atom stereocenters. The summed E-state index contributed by atoms with van der Waals surface area (Å²) in [5, 5.41) is 10.6. The van der Waals surface area contributed by atoms with Crippen LogP contribution in [0.15, 0.2) is 18.2 Å². The van der Waals surface area contributed by atoms with Gasteiger partial charge in [-0.05, 0) is 43.2 Å². The topological polar surface area (TPSA) is 42.2 Å². The van der Waals surface area contributed by atoms with E-state index in [1.54, 1.807) is 6.07 Å². The Balaban J connectivity index is 2.34. The van der Waals surface area contributed by atoms with Crippen LogP contribution >= 0.6 is 0 Å². The minimum absolute atomic E-state index is 0.443. The molecule has 0 saturated carbocycles. The molecule has 0 saturated heterocycles. The molecule has 3 heteroatoms. The summed E-state index contributed by atoms with van der Waals surface area (Å²) >= 11 is 0. The third kappa shape index (κ3) is 1.92. The predicted octanol–water partition coefficient (Wildman–Crippen LogP) is 3.87. The van der Waals surface area contributed by atoms with Crippen LogP contribution in [0.25, 0.3) is 10.9 Å². The number of aromatic carboxylic acids is 1. The molecule has 1 atom stereocenters. The lowest BCUT2D eigenvalue weighted by Gasteiger charge is -2.20. The van der Waals surface area contributed by atoms with Crippen molar-refractivity contribution in [2.45, 2.75) is 46.1 Å². The van der Waals surface area contributed by atoms with Gasteiger partial charge in [0.1, 0.15) is 0 Å². The number of hydrogen-bond donors (Lipinski definition) is 1. The lowest BCUT2D eigenvalue weighted by molar-refractivity contribution is 0.0698. The summed E-state index contributed by atoms with van der Waals surface area (Å²) in [5.41, 5.74) is 4.13. The van der Waals surface area contributed by atoms with Crippen molar-refractivity contribution < 1.29 is 9.90 Å². The molecule has 0 amide bonds. The number of fused-ring (bicyclic) bond motifs is 3. The molecular weight excluding hydrogens is 250 g/mol. The van der Waals surface area contributed by atoms with Gasteiger partial charge < -0.3 is 9.67 Å². The van der Waals surface area contributed by atoms with Crippen molar-refractivity contribution >= 4 is 16.9 Å². The number of aromatic nitrogens is 1. The number of hydrogen-bond acceptors (Lipinski definition) is 1. The summed E-state index contributed by atoms with van der Waals surface area (Å²) in [4.78, 5) is 11.5. The third-order valence-corrected chi connectivity index (χ3v) is 4.41. The summed E-state index contributed by atoms with van der Waals surface area (Å²) in [5.74, 6) is -0.132. The highest BCUT2D eigenvalue weighted by molar-refractivity contribution is 6.04. The van der Waals surface area contributed by atoms with Crippen LogP contribution in [0.3, 0.4) is 0 Å². The number of carboxylic acid groups (broad SMARTS) is 1. The minimum Gasteiger partial charge on any atom is -0.478 e. The summed E-state index contributed by atoms with van der Waals surface area (Å²) in [7, 11) is 0. The highest BCUT2D eigenvalue weighted by atomic mass is 16.4. The van der Waals surface area contributed by atoms with Gasteiger partial charge in [-0.25, -0.2) is 4.79 Å². The number of rotatable bonds is 3. The second kappa shape index (κ2) is 4.97. The molecule has 3 nitrogen and oxygen atoms in total. The average molecular weight is 271 g/mol. The summed E-state index contributed by atoms with van der Waals surface area (Å²) in [6.07, 6.45) is 4.38. The quantitative estimate of drug-likeness (QED) is 0.920. The fraction of sp³-hybridized carbons (Fsp3) is 0.471. The molecule has 1 aliphatic carbocycles. The Morgan fingerprint density at radius 3 is 2.95 bits per heavy atom. The zero-order chi connectivity index (χ0) is 14.3. The molecule has 3 rings (SSSR count). The van der Waals surface area contributed by atoms with Crippen LogP contribution in [-0.4, -0.2) is 15.6 Å². The molecule has 20 heavy (non-hydrogen) atoms. The lowest BCUT2D eigenvalue weighted by atomic mass is 9.87. The van der Waals surface area contributed by atoms with Crippen LogP contribution in [-0.2, 0) is 19.4 Å². The van der Waals surface area contributed by atoms with Crippen molar-refractivity contribution in [1.29, 1.82) is 0 Å². The van der Waals surface area contributed by atoms with E-state index < -0.39 is 5.97 Å². The fourth-order valence-corrected chi connectivity index (χ4v) is 3.52. The zero-order valence-corrected chi connectivity index (χ0v) is 12.1. The second-order valence-corrected chi connectivity index (χ2v) is 5.93. The molecule has 1 aromatic heterocycles. The first kappa shape index (κ1) is 13.2. The van der Waals surface area contributed by atoms with E-state index in [0.29, 0.717) is 11.5 Å². The highest BCUT2D eigenvalue weighted by Gasteiger charge is 2.25. The monoisotopic (exact) mass is 271 g/mol. The standard InChI is InChI=1S/C17H21NO2/c1-3-9-18-15-8-7-11(2)10-14(15)12-5-4-6-13(16(12)18)17(19)20/h4-6,11H,3,7-10H2,1-2H3,(H,19,20). The van der Waals surface area contributed by atoms with Gasteiger partial charge in [0.05, 0.1) is 11.1 Å². The van der Waals surface area contributed by atoms with Gasteiger partial charge in [-0.2, -0.15) is 0 Å². The summed E-state index contributed by atoms with van der Waals surface area (Å²) in [6.45, 7) is 5.34. The van der Waals surface area contributed by atoms with Crippen LogP contribution in [0.2, 0.25) is 0 Å². The maximum atomic E-state index is 11.5. The maximum Gasteiger partial charge on any atom is 0.337 e. The Hall–Kier alpha value is -1.77. The molecule has 0 bridgehead atoms. The Kier molecular flexibility index (Phi) is 3.28. The van der Waals surface area contributed by atoms with Crippen molar-refractivity contribution in [3.63, 3.8) is 0 Å². The first-order chi connectivity index (χ1) is 9.63. The van der Waals surface area contributed by atoms with Gasteiger partial charge in [-0.1, -0.05) is 26.0 Å². The molecule has 0 radical (unpaired) electrons. The van der Waals surface area contributed by atoms with Crippen LogP contribution in [0.4, 0.5) is 0 Å². The molecule has 1 aromatic carbocycles. The number of carboxylic acids is 1. The van der Waals surface area contributed by atoms with Crippen molar-refractivity contribution in [1.82, 2.24) is 4.57 Å². The van der Waals surface area contributed by atoms with E-state index in [0.717, 1.165) is 36.7 Å². The Bertz CT molecular complexity index is 669. The SMILES string of the molecule is CCCn1c2c(c3cccc(C(=O)O)c31)CC(C)CC2. The molecule has 0 spiro atoms. The van der Waals surface area contributed by atoms with Crippen molar-refractivity contribution in [3.05, 3.63) is 35.0 Å². The van der Waals surface area contributed by atoms with Gasteiger partial charge in [0.2, 0.25) is 0 Å². The Labute approximate surface area is 119 Å². The van der Waals surface area contributed by atoms with Crippen LogP contribution in [0.5, 0.6) is 0 Å². The molecule has 2 aromatic rings. The molecular formula is C17H21NO2. The Morgan fingerprint density at radius 2 is 2.25 bits per heavy atom. The molecule has 1 heterocycles. The Morgan fingerprint density at radius 1 is 1.45 bits per heavy atom. The summed E-state index contributed by atoms with van der Waals surface area (Å²) < 4.78 is 2.26. The first-order valence-corrected chi connectivity index (χ1v) is 7.49. The number of benzene rings is 1. The van der Waals surface area contributed by atoms with Gasteiger partial charge in [-0.3, -0.25) is 0 Å². The maximum absolute atomic E-state index is 11.5. The van der Waals surface area contributed by atoms with E-state index in [-0.39, 0.29) is 0 Å². The van der Waals surface area contributed by atoms with Crippen LogP contribution in [0.1, 0.15) is 48.3 Å². The number of aryl methyl sites for hydroxylation is 1. The second-order valence-electron chi connectivity index (χ2n) is 5.93. The van der Waals surface area contributed by atoms with Crippen molar-refractivity contribution in [2.75, 3.05) is 0 Å². The normalized spacial score (nSPS) is 18.2. The van der Waals surface area contributed by atoms with Gasteiger partial charge in [0, 0.05) is 17.6 Å². The molecule has 0 aliphatic heterocycles. The van der Waals surface area contributed by atoms with E-state index in [1.807, 2.05) is 6.07 Å². The smallest absolute Gasteiger partial charge is 0.337 e. The highest BCUT2D eigenvalue weighted by Crippen LogP contribution is 2.35. The van der Waals surface area contributed by atoms with E-state index in [9.17, 15) is 9.90 Å². The number of nitrogens with zero attached hydrogens (tertiary/aromatic N) is 1. The largest absolute Gasteiger partial charge is 0.478 e. The van der Waals surface area contributed by atoms with Crippen LogP contribution in [0, 0.1) is 5.92 Å². The third-order valence-electron chi connectivity index (χ3n) is 4.41. The minimum atomic E-state index is -0.823. The lowest BCUT2D eigenvalue weighted by Crippen LogP contribution is -2.14. The zero-order valence-electron chi connectivity index (χ0n) is 12.1.